The standard InChI is InChI=1S/C14H18F3N3/c1-19-13(14(15,16)17)12(8-18-19)9-20-6-4-11(5-7-20)10-2-3-10/h8H,2-7,9H2,1H3. The Kier molecular flexibility index (Phi) is 3.36. The molecule has 2 fully saturated rings. The van der Waals surface area contributed by atoms with Crippen LogP contribution in [0.15, 0.2) is 17.3 Å². The lowest BCUT2D eigenvalue weighted by atomic mass is 10.0. The van der Waals surface area contributed by atoms with E-state index in [4.69, 9.17) is 0 Å². The minimum Gasteiger partial charge on any atom is -0.298 e. The van der Waals surface area contributed by atoms with Crippen molar-refractivity contribution in [1.82, 2.24) is 14.7 Å². The summed E-state index contributed by atoms with van der Waals surface area (Å²) in [6.45, 7) is 2.04. The van der Waals surface area contributed by atoms with Gasteiger partial charge in [0.2, 0.25) is 0 Å². The third-order valence-electron chi connectivity index (χ3n) is 4.14. The lowest BCUT2D eigenvalue weighted by Gasteiger charge is -2.28. The molecule has 3 nitrogen and oxygen atoms in total. The zero-order chi connectivity index (χ0) is 14.3. The first-order valence-electron chi connectivity index (χ1n) is 6.95. The van der Waals surface area contributed by atoms with Crippen LogP contribution in [0.25, 0.3) is 0 Å². The Balaban J connectivity index is 1.68. The summed E-state index contributed by atoms with van der Waals surface area (Å²) >= 11 is 0. The molecule has 0 atom stereocenters. The van der Waals surface area contributed by atoms with E-state index in [1.165, 1.54) is 26.1 Å². The van der Waals surface area contributed by atoms with E-state index < -0.39 is 11.9 Å². The molecular weight excluding hydrogens is 267 g/mol. The summed E-state index contributed by atoms with van der Waals surface area (Å²) in [5.41, 5.74) is 2.79. The minimum absolute atomic E-state index is 0.280. The van der Waals surface area contributed by atoms with Crippen molar-refractivity contribution >= 4 is 0 Å². The molecule has 0 spiro atoms. The van der Waals surface area contributed by atoms with Crippen LogP contribution in [0.4, 0.5) is 13.2 Å². The first-order chi connectivity index (χ1) is 9.45. The predicted molar refractivity (Wildman–Crippen MR) is 69.0 cm³/mol. The Labute approximate surface area is 116 Å². The second kappa shape index (κ2) is 4.91. The zero-order valence-electron chi connectivity index (χ0n) is 11.5. The molecule has 0 N–H and O–H groups in total. The van der Waals surface area contributed by atoms with E-state index in [0.717, 1.165) is 30.6 Å². The second-order valence-corrected chi connectivity index (χ2v) is 5.62. The summed E-state index contributed by atoms with van der Waals surface area (Å²) in [6, 6.07) is 0. The summed E-state index contributed by atoms with van der Waals surface area (Å²) in [4.78, 5) is 2.10. The summed E-state index contributed by atoms with van der Waals surface area (Å²) < 4.78 is 39.9. The van der Waals surface area contributed by atoms with Crippen LogP contribution in [0.3, 0.4) is 0 Å². The van der Waals surface area contributed by atoms with Crippen molar-refractivity contribution in [3.05, 3.63) is 28.6 Å². The van der Waals surface area contributed by atoms with Gasteiger partial charge in [-0.2, -0.15) is 18.3 Å². The Morgan fingerprint density at radius 1 is 1.10 bits per heavy atom. The van der Waals surface area contributed by atoms with Crippen molar-refractivity contribution in [2.24, 2.45) is 7.05 Å². The van der Waals surface area contributed by atoms with E-state index in [1.54, 1.807) is 11.1 Å². The van der Waals surface area contributed by atoms with E-state index in [0.29, 0.717) is 6.54 Å². The van der Waals surface area contributed by atoms with Gasteiger partial charge in [0.15, 0.2) is 0 Å². The molecule has 0 radical (unpaired) electrons. The van der Waals surface area contributed by atoms with Crippen LogP contribution < -0.4 is 0 Å². The van der Waals surface area contributed by atoms with Gasteiger partial charge in [0, 0.05) is 32.2 Å². The number of alkyl halides is 3. The Hall–Kier alpha value is -1.30. The number of rotatable bonds is 2. The average molecular weight is 285 g/mol. The summed E-state index contributed by atoms with van der Waals surface area (Å²) in [7, 11) is 1.35. The van der Waals surface area contributed by atoms with Gasteiger partial charge in [0.1, 0.15) is 5.69 Å². The number of hydrogen-bond donors (Lipinski definition) is 0. The number of hydrogen-bond acceptors (Lipinski definition) is 2. The number of halogens is 3. The molecule has 0 aromatic carbocycles. The van der Waals surface area contributed by atoms with Crippen LogP contribution in [-0.4, -0.2) is 27.8 Å². The molecule has 1 saturated carbocycles. The molecule has 1 aromatic heterocycles. The van der Waals surface area contributed by atoms with Gasteiger partial charge in [-0.15, -0.1) is 0 Å². The summed E-state index contributed by atoms with van der Waals surface area (Å²) in [5.74, 6) is 0. The van der Waals surface area contributed by atoms with Gasteiger partial charge in [-0.25, -0.2) is 0 Å². The van der Waals surface area contributed by atoms with Crippen LogP contribution in [0.2, 0.25) is 0 Å². The molecule has 2 heterocycles. The Bertz CT molecular complexity index is 526. The van der Waals surface area contributed by atoms with Crippen LogP contribution >= 0.6 is 0 Å². The highest BCUT2D eigenvalue weighted by Crippen LogP contribution is 2.37. The molecule has 2 aliphatic rings. The maximum Gasteiger partial charge on any atom is 0.433 e. The molecule has 0 amide bonds. The second-order valence-electron chi connectivity index (χ2n) is 5.62. The third-order valence-corrected chi connectivity index (χ3v) is 4.14. The van der Waals surface area contributed by atoms with Crippen molar-refractivity contribution in [3.8, 4) is 0 Å². The fraction of sp³-hybridized carbons (Fsp3) is 0.643. The molecule has 1 aliphatic heterocycles. The maximum absolute atomic E-state index is 13.0. The van der Waals surface area contributed by atoms with E-state index in [9.17, 15) is 13.2 Å². The van der Waals surface area contributed by atoms with Gasteiger partial charge in [0.25, 0.3) is 0 Å². The topological polar surface area (TPSA) is 21.1 Å². The van der Waals surface area contributed by atoms with Crippen molar-refractivity contribution in [3.63, 3.8) is 0 Å². The highest BCUT2D eigenvalue weighted by atomic mass is 19.4. The molecule has 0 bridgehead atoms. The molecule has 1 saturated heterocycles. The van der Waals surface area contributed by atoms with Crippen LogP contribution in [0, 0.1) is 0 Å². The fourth-order valence-corrected chi connectivity index (χ4v) is 2.96. The van der Waals surface area contributed by atoms with Crippen molar-refractivity contribution < 1.29 is 13.2 Å². The zero-order valence-corrected chi connectivity index (χ0v) is 11.5. The number of nitrogens with zero attached hydrogens (tertiary/aromatic N) is 3. The average Bonchev–Trinajstić information content (AvgIpc) is 3.14. The lowest BCUT2D eigenvalue weighted by Crippen LogP contribution is -2.31. The van der Waals surface area contributed by atoms with Gasteiger partial charge in [0.05, 0.1) is 6.20 Å². The molecule has 1 aliphatic carbocycles. The number of piperidine rings is 1. The monoisotopic (exact) mass is 285 g/mol. The van der Waals surface area contributed by atoms with Crippen LogP contribution in [0.1, 0.15) is 36.9 Å². The molecule has 110 valence electrons. The molecule has 0 unspecified atom stereocenters. The number of likely N-dealkylation sites (tertiary alicyclic amines) is 1. The van der Waals surface area contributed by atoms with E-state index in [-0.39, 0.29) is 5.56 Å². The van der Waals surface area contributed by atoms with Gasteiger partial charge in [-0.1, -0.05) is 11.1 Å². The van der Waals surface area contributed by atoms with Gasteiger partial charge < -0.3 is 0 Å². The normalized spacial score (nSPS) is 20.6. The molecule has 6 heteroatoms. The lowest BCUT2D eigenvalue weighted by molar-refractivity contribution is -0.144. The Morgan fingerprint density at radius 3 is 2.25 bits per heavy atom. The number of aromatic nitrogens is 2. The number of allylic oxidation sites excluding steroid dienone is 1. The van der Waals surface area contributed by atoms with E-state index in [1.807, 2.05) is 0 Å². The predicted octanol–water partition coefficient (Wildman–Crippen LogP) is 3.13. The molecule has 20 heavy (non-hydrogen) atoms. The smallest absolute Gasteiger partial charge is 0.298 e. The molecular formula is C14H18F3N3. The largest absolute Gasteiger partial charge is 0.433 e. The summed E-state index contributed by atoms with van der Waals surface area (Å²) in [6.07, 6.45) is 1.50. The Morgan fingerprint density at radius 2 is 1.70 bits per heavy atom. The van der Waals surface area contributed by atoms with Gasteiger partial charge in [-0.3, -0.25) is 9.58 Å². The summed E-state index contributed by atoms with van der Waals surface area (Å²) in [5, 5.41) is 3.76. The van der Waals surface area contributed by atoms with Crippen LogP contribution in [0.5, 0.6) is 0 Å². The highest BCUT2D eigenvalue weighted by molar-refractivity contribution is 5.27. The van der Waals surface area contributed by atoms with E-state index in [2.05, 4.69) is 10.00 Å². The van der Waals surface area contributed by atoms with Crippen molar-refractivity contribution in [2.45, 2.75) is 38.4 Å². The highest BCUT2D eigenvalue weighted by Gasteiger charge is 2.37. The SMILES string of the molecule is Cn1ncc(CN2CCC(=C3CC3)CC2)c1C(F)(F)F. The van der Waals surface area contributed by atoms with Gasteiger partial charge >= 0.3 is 6.18 Å². The molecule has 3 rings (SSSR count). The fourth-order valence-electron chi connectivity index (χ4n) is 2.96. The quantitative estimate of drug-likeness (QED) is 0.778. The first-order valence-corrected chi connectivity index (χ1v) is 6.95. The number of aryl methyl sites for hydroxylation is 1. The van der Waals surface area contributed by atoms with Crippen LogP contribution in [-0.2, 0) is 19.8 Å². The van der Waals surface area contributed by atoms with Crippen molar-refractivity contribution in [1.29, 1.82) is 0 Å². The van der Waals surface area contributed by atoms with Gasteiger partial charge in [-0.05, 0) is 25.7 Å². The van der Waals surface area contributed by atoms with E-state index >= 15 is 0 Å². The minimum atomic E-state index is -4.34. The first kappa shape index (κ1) is 13.7. The van der Waals surface area contributed by atoms with Crippen molar-refractivity contribution in [2.75, 3.05) is 13.1 Å². The third kappa shape index (κ3) is 2.75. The molecule has 1 aromatic rings. The maximum atomic E-state index is 13.0.